The highest BCUT2D eigenvalue weighted by Gasteiger charge is 2.52. The van der Waals surface area contributed by atoms with Crippen molar-refractivity contribution >= 4 is 18.7 Å². The van der Waals surface area contributed by atoms with Crippen LogP contribution in [0.25, 0.3) is 0 Å². The van der Waals surface area contributed by atoms with E-state index < -0.39 is 36.1 Å². The summed E-state index contributed by atoms with van der Waals surface area (Å²) in [6.07, 6.45) is 2.08. The molecule has 1 atom stereocenters. The van der Waals surface area contributed by atoms with Crippen LogP contribution in [0.4, 0.5) is 4.79 Å². The first kappa shape index (κ1) is 20.7. The van der Waals surface area contributed by atoms with Crippen molar-refractivity contribution in [2.75, 3.05) is 6.54 Å². The predicted molar refractivity (Wildman–Crippen MR) is 98.2 cm³/mol. The van der Waals surface area contributed by atoms with Gasteiger partial charge in [0.2, 0.25) is 0 Å². The van der Waals surface area contributed by atoms with Crippen molar-refractivity contribution in [1.82, 2.24) is 15.1 Å². The highest BCUT2D eigenvalue weighted by Crippen LogP contribution is 2.36. The number of hydrogen-bond acceptors (Lipinski definition) is 6. The summed E-state index contributed by atoms with van der Waals surface area (Å²) >= 11 is 0. The fraction of sp³-hybridized carbons (Fsp3) is 0.765. The molecule has 1 aromatic heterocycles. The van der Waals surface area contributed by atoms with E-state index in [1.807, 2.05) is 27.7 Å². The van der Waals surface area contributed by atoms with Crippen LogP contribution >= 0.6 is 0 Å². The molecule has 26 heavy (non-hydrogen) atoms. The topological polar surface area (TPSA) is 94.8 Å². The summed E-state index contributed by atoms with van der Waals surface area (Å²) in [7, 11) is -0.495. The molecule has 0 aromatic carbocycles. The second-order valence-corrected chi connectivity index (χ2v) is 8.62. The molecule has 1 unspecified atom stereocenters. The van der Waals surface area contributed by atoms with E-state index in [4.69, 9.17) is 14.0 Å². The highest BCUT2D eigenvalue weighted by atomic mass is 16.7. The van der Waals surface area contributed by atoms with Crippen LogP contribution in [0.15, 0.2) is 12.4 Å². The zero-order valence-corrected chi connectivity index (χ0v) is 16.7. The first-order valence-electron chi connectivity index (χ1n) is 8.82. The number of ether oxygens (including phenoxy) is 1. The first-order chi connectivity index (χ1) is 11.8. The Kier molecular flexibility index (Phi) is 5.75. The molecule has 1 saturated heterocycles. The number of aliphatic hydroxyl groups is 1. The summed E-state index contributed by atoms with van der Waals surface area (Å²) in [5, 5.41) is 16.9. The molecule has 0 aliphatic carbocycles. The summed E-state index contributed by atoms with van der Waals surface area (Å²) in [6.45, 7) is 13.6. The Hall–Kier alpha value is -1.58. The molecule has 2 heterocycles. The Bertz CT molecular complexity index is 623. The van der Waals surface area contributed by atoms with E-state index in [1.54, 1.807) is 37.8 Å². The van der Waals surface area contributed by atoms with Crippen molar-refractivity contribution in [2.45, 2.75) is 77.9 Å². The van der Waals surface area contributed by atoms with Crippen LogP contribution in [0.5, 0.6) is 0 Å². The van der Waals surface area contributed by atoms with Gasteiger partial charge in [-0.1, -0.05) is 0 Å². The number of carbonyl (C=O) groups is 1. The highest BCUT2D eigenvalue weighted by molar-refractivity contribution is 6.61. The summed E-state index contributed by atoms with van der Waals surface area (Å²) in [6, 6.07) is 0. The van der Waals surface area contributed by atoms with Gasteiger partial charge in [-0.25, -0.2) is 4.79 Å². The minimum atomic E-state index is -0.798. The number of aromatic nitrogens is 2. The minimum absolute atomic E-state index is 0.0700. The molecule has 2 rings (SSSR count). The summed E-state index contributed by atoms with van der Waals surface area (Å²) in [4.78, 5) is 11.6. The third kappa shape index (κ3) is 5.22. The number of carbonyl (C=O) groups excluding carboxylic acids is 1. The van der Waals surface area contributed by atoms with Crippen molar-refractivity contribution in [2.24, 2.45) is 0 Å². The van der Waals surface area contributed by atoms with Crippen LogP contribution in [-0.4, -0.2) is 57.6 Å². The molecule has 1 amide bonds. The van der Waals surface area contributed by atoms with Crippen LogP contribution in [0.2, 0.25) is 0 Å². The maximum Gasteiger partial charge on any atom is 0.498 e. The van der Waals surface area contributed by atoms with Crippen LogP contribution in [0.1, 0.15) is 48.5 Å². The van der Waals surface area contributed by atoms with E-state index in [0.717, 1.165) is 5.46 Å². The minimum Gasteiger partial charge on any atom is -0.444 e. The van der Waals surface area contributed by atoms with Gasteiger partial charge in [0, 0.05) is 24.4 Å². The van der Waals surface area contributed by atoms with Crippen LogP contribution in [-0.2, 0) is 20.6 Å². The first-order valence-corrected chi connectivity index (χ1v) is 8.82. The number of aliphatic hydroxyl groups excluding tert-OH is 1. The van der Waals surface area contributed by atoms with E-state index in [1.165, 1.54) is 0 Å². The van der Waals surface area contributed by atoms with Gasteiger partial charge in [-0.15, -0.1) is 0 Å². The van der Waals surface area contributed by atoms with Gasteiger partial charge in [-0.05, 0) is 48.5 Å². The smallest absolute Gasteiger partial charge is 0.444 e. The van der Waals surface area contributed by atoms with Crippen molar-refractivity contribution in [1.29, 1.82) is 0 Å². The van der Waals surface area contributed by atoms with Crippen LogP contribution in [0.3, 0.4) is 0 Å². The molecule has 0 radical (unpaired) electrons. The van der Waals surface area contributed by atoms with Crippen LogP contribution in [0, 0.1) is 0 Å². The normalized spacial score (nSPS) is 20.1. The van der Waals surface area contributed by atoms with Crippen molar-refractivity contribution in [3.05, 3.63) is 12.4 Å². The Morgan fingerprint density at radius 2 is 1.92 bits per heavy atom. The molecule has 146 valence electrons. The van der Waals surface area contributed by atoms with Gasteiger partial charge in [0.1, 0.15) is 5.60 Å². The van der Waals surface area contributed by atoms with Gasteiger partial charge < -0.3 is 24.5 Å². The Morgan fingerprint density at radius 1 is 1.35 bits per heavy atom. The van der Waals surface area contributed by atoms with E-state index in [9.17, 15) is 9.90 Å². The van der Waals surface area contributed by atoms with E-state index in [2.05, 4.69) is 10.4 Å². The number of rotatable bonds is 5. The quantitative estimate of drug-likeness (QED) is 0.756. The lowest BCUT2D eigenvalue weighted by Crippen LogP contribution is -2.41. The standard InChI is InChI=1S/C17H30BN3O5/c1-15(2,3)24-14(23)19-9-13(22)11-21-10-12(8-20-21)18-25-16(4,5)17(6,7)26-18/h8,10,13,22H,9,11H2,1-7H3,(H,19,23). The second-order valence-electron chi connectivity index (χ2n) is 8.62. The molecule has 1 aromatic rings. The summed E-state index contributed by atoms with van der Waals surface area (Å²) in [5.41, 5.74) is -0.627. The molecule has 9 heteroatoms. The van der Waals surface area contributed by atoms with Gasteiger partial charge in [0.25, 0.3) is 0 Å². The number of amides is 1. The van der Waals surface area contributed by atoms with Crippen molar-refractivity contribution in [3.8, 4) is 0 Å². The molecule has 2 N–H and O–H groups in total. The third-order valence-corrected chi connectivity index (χ3v) is 4.46. The molecule has 1 aliphatic heterocycles. The van der Waals surface area contributed by atoms with Gasteiger partial charge in [0.05, 0.1) is 23.9 Å². The fourth-order valence-corrected chi connectivity index (χ4v) is 2.38. The van der Waals surface area contributed by atoms with Crippen molar-refractivity contribution in [3.63, 3.8) is 0 Å². The second kappa shape index (κ2) is 7.21. The Morgan fingerprint density at radius 3 is 2.46 bits per heavy atom. The lowest BCUT2D eigenvalue weighted by molar-refractivity contribution is 0.00578. The zero-order chi connectivity index (χ0) is 19.8. The lowest BCUT2D eigenvalue weighted by atomic mass is 9.82. The number of hydrogen-bond donors (Lipinski definition) is 2. The maximum absolute atomic E-state index is 11.6. The molecule has 0 spiro atoms. The maximum atomic E-state index is 11.6. The van der Waals surface area contributed by atoms with E-state index in [-0.39, 0.29) is 13.1 Å². The zero-order valence-electron chi connectivity index (χ0n) is 16.7. The fourth-order valence-electron chi connectivity index (χ4n) is 2.38. The monoisotopic (exact) mass is 367 g/mol. The van der Waals surface area contributed by atoms with Gasteiger partial charge in [0.15, 0.2) is 0 Å². The predicted octanol–water partition coefficient (Wildman–Crippen LogP) is 1.07. The molecule has 8 nitrogen and oxygen atoms in total. The average molecular weight is 367 g/mol. The largest absolute Gasteiger partial charge is 0.498 e. The van der Waals surface area contributed by atoms with Crippen molar-refractivity contribution < 1.29 is 23.9 Å². The third-order valence-electron chi connectivity index (χ3n) is 4.46. The van der Waals surface area contributed by atoms with Gasteiger partial charge in [-0.3, -0.25) is 4.68 Å². The number of nitrogens with one attached hydrogen (secondary N) is 1. The Balaban J connectivity index is 1.86. The average Bonchev–Trinajstić information content (AvgIpc) is 2.98. The van der Waals surface area contributed by atoms with Gasteiger partial charge >= 0.3 is 13.2 Å². The molecule has 1 aliphatic rings. The molecular weight excluding hydrogens is 337 g/mol. The SMILES string of the molecule is CC(C)(C)OC(=O)NCC(O)Cn1cc(B2OC(C)(C)C(C)(C)O2)cn1. The van der Waals surface area contributed by atoms with Crippen LogP contribution < -0.4 is 10.8 Å². The van der Waals surface area contributed by atoms with E-state index >= 15 is 0 Å². The lowest BCUT2D eigenvalue weighted by Gasteiger charge is -2.32. The molecular formula is C17H30BN3O5. The summed E-state index contributed by atoms with van der Waals surface area (Å²) < 4.78 is 18.7. The number of nitrogens with zero attached hydrogens (tertiary/aromatic N) is 2. The molecule has 0 bridgehead atoms. The van der Waals surface area contributed by atoms with Gasteiger partial charge in [-0.2, -0.15) is 5.10 Å². The summed E-state index contributed by atoms with van der Waals surface area (Å²) in [5.74, 6) is 0. The molecule has 0 saturated carbocycles. The van der Waals surface area contributed by atoms with E-state index in [0.29, 0.717) is 0 Å². The molecule has 1 fully saturated rings. The Labute approximate surface area is 155 Å². The number of alkyl carbamates (subject to hydrolysis) is 1.